The number of carbonyl (C=O) groups is 1. The van der Waals surface area contributed by atoms with Crippen LogP contribution in [-0.2, 0) is 12.8 Å². The molecule has 30 heavy (non-hydrogen) atoms. The van der Waals surface area contributed by atoms with E-state index in [9.17, 15) is 14.3 Å². The molecule has 0 saturated carbocycles. The van der Waals surface area contributed by atoms with E-state index in [1.165, 1.54) is 17.7 Å². The molecule has 2 atom stereocenters. The van der Waals surface area contributed by atoms with E-state index in [1.807, 2.05) is 32.0 Å². The number of amides is 2. The quantitative estimate of drug-likeness (QED) is 0.670. The van der Waals surface area contributed by atoms with E-state index in [-0.39, 0.29) is 24.0 Å². The first-order valence-corrected chi connectivity index (χ1v) is 10.8. The molecule has 2 aromatic carbocycles. The number of benzene rings is 2. The number of hydrogen-bond donors (Lipinski definition) is 3. The van der Waals surface area contributed by atoms with Crippen molar-refractivity contribution in [2.45, 2.75) is 70.1 Å². The molecule has 0 bridgehead atoms. The summed E-state index contributed by atoms with van der Waals surface area (Å²) in [5.41, 5.74) is 3.25. The molecule has 3 N–H and O–H groups in total. The molecule has 1 heterocycles. The van der Waals surface area contributed by atoms with Gasteiger partial charge >= 0.3 is 6.03 Å². The van der Waals surface area contributed by atoms with Gasteiger partial charge in [-0.1, -0.05) is 32.0 Å². The Morgan fingerprint density at radius 2 is 2.07 bits per heavy atom. The van der Waals surface area contributed by atoms with Crippen molar-refractivity contribution in [2.24, 2.45) is 0 Å². The summed E-state index contributed by atoms with van der Waals surface area (Å²) in [5, 5.41) is 16.1. The molecule has 0 spiro atoms. The number of rotatable bonds is 4. The van der Waals surface area contributed by atoms with Crippen LogP contribution in [0.4, 0.5) is 14.9 Å². The van der Waals surface area contributed by atoms with Crippen LogP contribution in [0, 0.1) is 5.82 Å². The van der Waals surface area contributed by atoms with E-state index in [0.29, 0.717) is 18.6 Å². The fourth-order valence-electron chi connectivity index (χ4n) is 4.66. The lowest BCUT2D eigenvalue weighted by molar-refractivity contribution is 0.0243. The molecule has 160 valence electrons. The van der Waals surface area contributed by atoms with E-state index < -0.39 is 5.60 Å². The first kappa shape index (κ1) is 20.7. The largest absolute Gasteiger partial charge is 0.487 e. The summed E-state index contributed by atoms with van der Waals surface area (Å²) in [7, 11) is 0. The van der Waals surface area contributed by atoms with Crippen molar-refractivity contribution in [1.82, 2.24) is 5.32 Å². The molecule has 2 aromatic rings. The van der Waals surface area contributed by atoms with Gasteiger partial charge in [0.25, 0.3) is 0 Å². The lowest BCUT2D eigenvalue weighted by Gasteiger charge is -2.41. The number of nitrogens with one attached hydrogen (secondary N) is 2. The van der Waals surface area contributed by atoms with Gasteiger partial charge < -0.3 is 20.5 Å². The fraction of sp³-hybridized carbons (Fsp3) is 0.458. The van der Waals surface area contributed by atoms with Crippen molar-refractivity contribution < 1.29 is 19.0 Å². The SMILES string of the molecule is CCC1(CC)C[C@@H](NC(=O)Nc2cccc3c2C[C@@H](O)CC3)c2ccc(F)cc2O1. The van der Waals surface area contributed by atoms with Crippen LogP contribution in [0.25, 0.3) is 0 Å². The van der Waals surface area contributed by atoms with Crippen LogP contribution in [0.15, 0.2) is 36.4 Å². The molecule has 2 amide bonds. The van der Waals surface area contributed by atoms with Gasteiger partial charge in [-0.05, 0) is 48.9 Å². The minimum atomic E-state index is -0.436. The zero-order chi connectivity index (χ0) is 21.3. The third-order valence-electron chi connectivity index (χ3n) is 6.56. The molecule has 6 heteroatoms. The second-order valence-electron chi connectivity index (χ2n) is 8.37. The molecule has 5 nitrogen and oxygen atoms in total. The van der Waals surface area contributed by atoms with Gasteiger partial charge in [0.15, 0.2) is 0 Å². The Balaban J connectivity index is 1.56. The van der Waals surface area contributed by atoms with E-state index in [2.05, 4.69) is 10.6 Å². The highest BCUT2D eigenvalue weighted by Crippen LogP contribution is 2.43. The Morgan fingerprint density at radius 3 is 2.83 bits per heavy atom. The van der Waals surface area contributed by atoms with Crippen molar-refractivity contribution in [3.05, 3.63) is 58.9 Å². The van der Waals surface area contributed by atoms with E-state index >= 15 is 0 Å². The van der Waals surface area contributed by atoms with Gasteiger partial charge in [-0.2, -0.15) is 0 Å². The molecule has 2 aliphatic rings. The van der Waals surface area contributed by atoms with Crippen LogP contribution in [0.5, 0.6) is 5.75 Å². The topological polar surface area (TPSA) is 70.6 Å². The van der Waals surface area contributed by atoms with Crippen LogP contribution < -0.4 is 15.4 Å². The number of carbonyl (C=O) groups excluding carboxylic acids is 1. The molecule has 4 rings (SSSR count). The van der Waals surface area contributed by atoms with Gasteiger partial charge in [-0.25, -0.2) is 9.18 Å². The van der Waals surface area contributed by atoms with Gasteiger partial charge in [0.2, 0.25) is 0 Å². The second-order valence-corrected chi connectivity index (χ2v) is 8.37. The zero-order valence-corrected chi connectivity index (χ0v) is 17.5. The van der Waals surface area contributed by atoms with Crippen LogP contribution in [-0.4, -0.2) is 22.8 Å². The summed E-state index contributed by atoms with van der Waals surface area (Å²) in [6.45, 7) is 4.10. The molecule has 1 aliphatic carbocycles. The van der Waals surface area contributed by atoms with Gasteiger partial charge in [-0.3, -0.25) is 0 Å². The van der Waals surface area contributed by atoms with Crippen molar-refractivity contribution in [2.75, 3.05) is 5.32 Å². The summed E-state index contributed by atoms with van der Waals surface area (Å²) in [6.07, 6.45) is 3.87. The lowest BCUT2D eigenvalue weighted by atomic mass is 9.83. The number of aliphatic hydroxyl groups excluding tert-OH is 1. The van der Waals surface area contributed by atoms with Crippen molar-refractivity contribution in [1.29, 1.82) is 0 Å². The number of aryl methyl sites for hydroxylation is 1. The average Bonchev–Trinajstić information content (AvgIpc) is 2.73. The van der Waals surface area contributed by atoms with Crippen molar-refractivity contribution in [3.8, 4) is 5.75 Å². The Kier molecular flexibility index (Phi) is 5.69. The highest BCUT2D eigenvalue weighted by molar-refractivity contribution is 5.90. The smallest absolute Gasteiger partial charge is 0.319 e. The number of halogens is 1. The minimum absolute atomic E-state index is 0.278. The summed E-state index contributed by atoms with van der Waals surface area (Å²) < 4.78 is 20.0. The third kappa shape index (κ3) is 4.01. The summed E-state index contributed by atoms with van der Waals surface area (Å²) in [6, 6.07) is 9.73. The van der Waals surface area contributed by atoms with Crippen molar-refractivity contribution in [3.63, 3.8) is 0 Å². The predicted octanol–water partition coefficient (Wildman–Crippen LogP) is 4.88. The lowest BCUT2D eigenvalue weighted by Crippen LogP contribution is -2.45. The first-order valence-electron chi connectivity index (χ1n) is 10.8. The van der Waals surface area contributed by atoms with Gasteiger partial charge in [0, 0.05) is 30.2 Å². The maximum Gasteiger partial charge on any atom is 0.319 e. The predicted molar refractivity (Wildman–Crippen MR) is 114 cm³/mol. The molecule has 0 fully saturated rings. The van der Waals surface area contributed by atoms with Crippen LogP contribution in [0.3, 0.4) is 0 Å². The molecule has 0 saturated heterocycles. The number of aliphatic hydroxyl groups is 1. The standard InChI is InChI=1S/C24H29FN2O3/c1-3-24(4-2)14-21(18-11-9-16(25)12-22(18)30-24)27-23(29)26-20-7-5-6-15-8-10-17(28)13-19(15)20/h5-7,9,11-12,17,21,28H,3-4,8,10,13-14H2,1-2H3,(H2,26,27,29)/t17-,21+/m0/s1. The number of ether oxygens (including phenoxy) is 1. The van der Waals surface area contributed by atoms with E-state index in [1.54, 1.807) is 6.07 Å². The maximum absolute atomic E-state index is 13.8. The molecular weight excluding hydrogens is 383 g/mol. The van der Waals surface area contributed by atoms with Crippen molar-refractivity contribution >= 4 is 11.7 Å². The number of anilines is 1. The Morgan fingerprint density at radius 1 is 1.27 bits per heavy atom. The third-order valence-corrected chi connectivity index (χ3v) is 6.56. The summed E-state index contributed by atoms with van der Waals surface area (Å²) in [5.74, 6) is 0.143. The highest BCUT2D eigenvalue weighted by atomic mass is 19.1. The number of urea groups is 1. The zero-order valence-electron chi connectivity index (χ0n) is 17.5. The molecule has 0 unspecified atom stereocenters. The van der Waals surface area contributed by atoms with Crippen LogP contribution in [0.2, 0.25) is 0 Å². The van der Waals surface area contributed by atoms with Gasteiger partial charge in [-0.15, -0.1) is 0 Å². The van der Waals surface area contributed by atoms with Gasteiger partial charge in [0.05, 0.1) is 12.1 Å². The Labute approximate surface area is 176 Å². The maximum atomic E-state index is 13.8. The second kappa shape index (κ2) is 8.26. The Hall–Kier alpha value is -2.60. The minimum Gasteiger partial charge on any atom is -0.487 e. The number of fused-ring (bicyclic) bond motifs is 2. The average molecular weight is 413 g/mol. The van der Waals surface area contributed by atoms with E-state index in [4.69, 9.17) is 4.74 Å². The summed E-state index contributed by atoms with van der Waals surface area (Å²) in [4.78, 5) is 12.9. The molecule has 1 aliphatic heterocycles. The molecule has 0 radical (unpaired) electrons. The monoisotopic (exact) mass is 412 g/mol. The highest BCUT2D eigenvalue weighted by Gasteiger charge is 2.39. The Bertz CT molecular complexity index is 942. The molecular formula is C24H29FN2O3. The van der Waals surface area contributed by atoms with Gasteiger partial charge in [0.1, 0.15) is 17.2 Å². The fourth-order valence-corrected chi connectivity index (χ4v) is 4.66. The molecule has 0 aromatic heterocycles. The first-order chi connectivity index (χ1) is 14.4. The van der Waals surface area contributed by atoms with Crippen LogP contribution >= 0.6 is 0 Å². The van der Waals surface area contributed by atoms with E-state index in [0.717, 1.165) is 42.5 Å². The number of hydrogen-bond acceptors (Lipinski definition) is 3. The summed E-state index contributed by atoms with van der Waals surface area (Å²) >= 11 is 0. The van der Waals surface area contributed by atoms with Crippen LogP contribution in [0.1, 0.15) is 62.3 Å². The normalized spacial score (nSPS) is 21.7.